The van der Waals surface area contributed by atoms with Gasteiger partial charge in [0.2, 0.25) is 11.8 Å². The van der Waals surface area contributed by atoms with Crippen LogP contribution in [0.2, 0.25) is 0 Å². The summed E-state index contributed by atoms with van der Waals surface area (Å²) in [5, 5.41) is 104. The molecule has 0 spiro atoms. The number of hydrogen-bond donors (Lipinski definition) is 11. The first-order valence-electron chi connectivity index (χ1n) is 18.4. The van der Waals surface area contributed by atoms with E-state index in [4.69, 9.17) is 37.9 Å². The smallest absolute Gasteiger partial charge is 0.217 e. The van der Waals surface area contributed by atoms with Gasteiger partial charge in [0.05, 0.1) is 50.2 Å². The third-order valence-electron chi connectivity index (χ3n) is 10.7. The first-order valence-corrected chi connectivity index (χ1v) is 18.4. The molecule has 21 nitrogen and oxygen atoms in total. The molecule has 0 aromatic heterocycles. The zero-order chi connectivity index (χ0) is 40.9. The second kappa shape index (κ2) is 20.3. The van der Waals surface area contributed by atoms with Crippen LogP contribution in [-0.4, -0.2) is 215 Å². The van der Waals surface area contributed by atoms with Gasteiger partial charge in [-0.2, -0.15) is 0 Å². The molecule has 3 heterocycles. The monoisotopic (exact) mass is 800 g/mol. The lowest BCUT2D eigenvalue weighted by molar-refractivity contribution is -0.349. The molecule has 4 fully saturated rings. The highest BCUT2D eigenvalue weighted by Crippen LogP contribution is 2.37. The van der Waals surface area contributed by atoms with Crippen LogP contribution in [0.3, 0.4) is 0 Å². The number of ether oxygens (including phenoxy) is 8. The van der Waals surface area contributed by atoms with Crippen molar-refractivity contribution in [2.75, 3.05) is 40.6 Å². The molecule has 320 valence electrons. The molecule has 0 aromatic carbocycles. The second-order valence-electron chi connectivity index (χ2n) is 14.9. The quantitative estimate of drug-likeness (QED) is 0.0735. The van der Waals surface area contributed by atoms with E-state index in [1.807, 2.05) is 0 Å². The molecular formula is C34H60N2O19. The summed E-state index contributed by atoms with van der Waals surface area (Å²) in [5.74, 6) is -2.28. The maximum Gasteiger partial charge on any atom is 0.217 e. The third-order valence-corrected chi connectivity index (χ3v) is 10.7. The Morgan fingerprint density at radius 2 is 1.16 bits per heavy atom. The van der Waals surface area contributed by atoms with E-state index in [1.165, 1.54) is 28.1 Å². The Kier molecular flexibility index (Phi) is 17.0. The van der Waals surface area contributed by atoms with Gasteiger partial charge in [0, 0.05) is 40.6 Å². The van der Waals surface area contributed by atoms with Crippen LogP contribution in [-0.2, 0) is 47.5 Å². The summed E-state index contributed by atoms with van der Waals surface area (Å²) in [6, 6.07) is -2.32. The van der Waals surface area contributed by atoms with Crippen LogP contribution in [0, 0.1) is 11.8 Å². The van der Waals surface area contributed by atoms with Crippen LogP contribution >= 0.6 is 0 Å². The summed E-state index contributed by atoms with van der Waals surface area (Å²) in [4.78, 5) is 24.5. The number of carbonyl (C=O) groups is 2. The normalized spacial score (nSPS) is 45.3. The minimum atomic E-state index is -1.87. The maximum absolute atomic E-state index is 12.4. The number of amides is 2. The molecule has 55 heavy (non-hydrogen) atoms. The number of hydrogen-bond acceptors (Lipinski definition) is 19. The number of nitrogens with one attached hydrogen (secondary N) is 2. The SMILES string of the molecule is COCC1O[C@@H](O[C@@H]2C(CO)C[C@@H](O[C@@H]3C(O)[C@H](O[C@@H]4C(CO)O[C@@H](C(C)C)C(NC(C)=O)[C@H]4O)OC(CO)[C@@H]3O)C(NC(C)=O)[C@H]2O)C(O)[C@@H](OC)[C@H]1O. The van der Waals surface area contributed by atoms with E-state index in [0.29, 0.717) is 0 Å². The molecule has 0 bridgehead atoms. The number of carbonyl (C=O) groups excluding carboxylic acids is 2. The number of methoxy groups -OCH3 is 2. The van der Waals surface area contributed by atoms with Gasteiger partial charge in [0.15, 0.2) is 12.6 Å². The minimum absolute atomic E-state index is 0.105. The van der Waals surface area contributed by atoms with Crippen molar-refractivity contribution >= 4 is 11.8 Å². The van der Waals surface area contributed by atoms with E-state index in [2.05, 4.69) is 10.6 Å². The fourth-order valence-corrected chi connectivity index (χ4v) is 7.91. The van der Waals surface area contributed by atoms with Gasteiger partial charge in [-0.15, -0.1) is 0 Å². The Bertz CT molecular complexity index is 1220. The highest BCUT2D eigenvalue weighted by molar-refractivity contribution is 5.73. The molecule has 11 N–H and O–H groups in total. The van der Waals surface area contributed by atoms with E-state index < -0.39 is 154 Å². The predicted octanol–water partition coefficient (Wildman–Crippen LogP) is -5.78. The van der Waals surface area contributed by atoms with Crippen LogP contribution in [0.1, 0.15) is 34.1 Å². The van der Waals surface area contributed by atoms with Crippen molar-refractivity contribution in [3.05, 3.63) is 0 Å². The summed E-state index contributed by atoms with van der Waals surface area (Å²) in [5.41, 5.74) is 0. The van der Waals surface area contributed by atoms with E-state index in [1.54, 1.807) is 13.8 Å². The van der Waals surface area contributed by atoms with Gasteiger partial charge in [-0.3, -0.25) is 9.59 Å². The third kappa shape index (κ3) is 10.3. The van der Waals surface area contributed by atoms with Crippen LogP contribution < -0.4 is 10.6 Å². The van der Waals surface area contributed by atoms with Crippen LogP contribution in [0.25, 0.3) is 0 Å². The van der Waals surface area contributed by atoms with Gasteiger partial charge in [-0.25, -0.2) is 0 Å². The number of rotatable bonds is 15. The Balaban J connectivity index is 1.58. The topological polar surface area (TPSA) is 314 Å². The van der Waals surface area contributed by atoms with E-state index in [9.17, 15) is 55.5 Å². The van der Waals surface area contributed by atoms with Crippen LogP contribution in [0.15, 0.2) is 0 Å². The molecule has 3 saturated heterocycles. The Morgan fingerprint density at radius 1 is 0.636 bits per heavy atom. The average molecular weight is 801 g/mol. The van der Waals surface area contributed by atoms with Crippen molar-refractivity contribution in [2.45, 2.75) is 150 Å². The zero-order valence-corrected chi connectivity index (χ0v) is 31.8. The van der Waals surface area contributed by atoms with Crippen molar-refractivity contribution in [1.29, 1.82) is 0 Å². The molecule has 3 aliphatic heterocycles. The van der Waals surface area contributed by atoms with Gasteiger partial charge in [0.25, 0.3) is 0 Å². The molecule has 1 saturated carbocycles. The molecule has 0 aromatic rings. The van der Waals surface area contributed by atoms with Gasteiger partial charge in [-0.1, -0.05) is 13.8 Å². The van der Waals surface area contributed by atoms with Gasteiger partial charge >= 0.3 is 0 Å². The molecule has 2 amide bonds. The Hall–Kier alpha value is -1.74. The maximum atomic E-state index is 12.4. The minimum Gasteiger partial charge on any atom is -0.396 e. The molecule has 20 atom stereocenters. The lowest BCUT2D eigenvalue weighted by atomic mass is 9.79. The van der Waals surface area contributed by atoms with Gasteiger partial charge in [-0.05, 0) is 12.3 Å². The molecule has 0 radical (unpaired) electrons. The Labute approximate surface area is 318 Å². The van der Waals surface area contributed by atoms with Gasteiger partial charge in [0.1, 0.15) is 73.2 Å². The summed E-state index contributed by atoms with van der Waals surface area (Å²) in [7, 11) is 2.64. The fraction of sp³-hybridized carbons (Fsp3) is 0.941. The molecule has 21 heteroatoms. The standard InChI is InChI=1S/C34H60N2O19/c1-12(2)28-21(36-14(4)41)25(45)30(18(10-39)51-28)55-34-27(47)32(22(42)17(9-38)52-34)50-16-7-15(8-37)29(24(44)20(16)35-13(3)40)54-33-26(46)31(49-6)23(43)19(53-33)11-48-5/h12,15-34,37-39,42-47H,7-11H2,1-6H3,(H,35,40)(H,36,41)/t15?,16-,17?,18?,19?,20?,21?,22+,23+,24-,25-,26?,27?,28+,29-,30-,31+,32+,33+,34+/m1/s1. The summed E-state index contributed by atoms with van der Waals surface area (Å²) >= 11 is 0. The first-order chi connectivity index (χ1) is 26.0. The largest absolute Gasteiger partial charge is 0.396 e. The van der Waals surface area contributed by atoms with Crippen molar-refractivity contribution in [2.24, 2.45) is 11.8 Å². The second-order valence-corrected chi connectivity index (χ2v) is 14.9. The van der Waals surface area contributed by atoms with Gasteiger partial charge < -0.3 is 94.5 Å². The van der Waals surface area contributed by atoms with Crippen LogP contribution in [0.4, 0.5) is 0 Å². The highest BCUT2D eigenvalue weighted by Gasteiger charge is 2.55. The summed E-state index contributed by atoms with van der Waals surface area (Å²) in [6.07, 6.45) is -24.2. The summed E-state index contributed by atoms with van der Waals surface area (Å²) in [6.45, 7) is 3.85. The van der Waals surface area contributed by atoms with Crippen LogP contribution in [0.5, 0.6) is 0 Å². The van der Waals surface area contributed by atoms with Crippen molar-refractivity contribution in [3.63, 3.8) is 0 Å². The summed E-state index contributed by atoms with van der Waals surface area (Å²) < 4.78 is 46.1. The van der Waals surface area contributed by atoms with E-state index >= 15 is 0 Å². The highest BCUT2D eigenvalue weighted by atomic mass is 16.7. The number of aliphatic hydroxyl groups excluding tert-OH is 9. The molecule has 4 rings (SSSR count). The molecule has 1 aliphatic carbocycles. The van der Waals surface area contributed by atoms with E-state index in [0.717, 1.165) is 0 Å². The van der Waals surface area contributed by atoms with Crippen molar-refractivity contribution < 1.29 is 93.4 Å². The molecule has 8 unspecified atom stereocenters. The fourth-order valence-electron chi connectivity index (χ4n) is 7.91. The zero-order valence-electron chi connectivity index (χ0n) is 31.8. The van der Waals surface area contributed by atoms with E-state index in [-0.39, 0.29) is 18.9 Å². The number of aliphatic hydroxyl groups is 9. The lowest BCUT2D eigenvalue weighted by Gasteiger charge is -2.51. The van der Waals surface area contributed by atoms with Crippen molar-refractivity contribution in [3.8, 4) is 0 Å². The lowest BCUT2D eigenvalue weighted by Crippen LogP contribution is -2.69. The van der Waals surface area contributed by atoms with Crippen molar-refractivity contribution in [1.82, 2.24) is 10.6 Å². The average Bonchev–Trinajstić information content (AvgIpc) is 3.13. The molecular weight excluding hydrogens is 740 g/mol. The molecule has 4 aliphatic rings. The first kappa shape index (κ1) is 46.0. The predicted molar refractivity (Wildman–Crippen MR) is 183 cm³/mol. The Morgan fingerprint density at radius 3 is 1.69 bits per heavy atom.